The fourth-order valence-corrected chi connectivity index (χ4v) is 1.47. The van der Waals surface area contributed by atoms with Crippen molar-refractivity contribution in [2.45, 2.75) is 20.0 Å². The van der Waals surface area contributed by atoms with Crippen molar-refractivity contribution in [1.29, 1.82) is 0 Å². The topological polar surface area (TPSA) is 46.2 Å². The SMILES string of the molecule is Cc1cc(C)c(C(O)CN)c(F)c1. The highest BCUT2D eigenvalue weighted by Crippen LogP contribution is 2.21. The molecule has 0 saturated heterocycles. The molecule has 0 aliphatic carbocycles. The smallest absolute Gasteiger partial charge is 0.129 e. The molecule has 0 heterocycles. The largest absolute Gasteiger partial charge is 0.387 e. The van der Waals surface area contributed by atoms with E-state index in [1.165, 1.54) is 6.07 Å². The van der Waals surface area contributed by atoms with Crippen LogP contribution in [0.15, 0.2) is 12.1 Å². The lowest BCUT2D eigenvalue weighted by molar-refractivity contribution is 0.181. The first-order chi connectivity index (χ1) is 6.06. The van der Waals surface area contributed by atoms with Crippen molar-refractivity contribution in [2.24, 2.45) is 5.73 Å². The molecule has 2 nitrogen and oxygen atoms in total. The first-order valence-electron chi connectivity index (χ1n) is 4.21. The number of nitrogens with two attached hydrogens (primary N) is 1. The molecule has 0 saturated carbocycles. The highest BCUT2D eigenvalue weighted by molar-refractivity contribution is 5.33. The van der Waals surface area contributed by atoms with Crippen LogP contribution >= 0.6 is 0 Å². The van der Waals surface area contributed by atoms with Crippen LogP contribution in [0.3, 0.4) is 0 Å². The zero-order valence-electron chi connectivity index (χ0n) is 7.84. The molecule has 1 aromatic rings. The van der Waals surface area contributed by atoms with Gasteiger partial charge in [0.1, 0.15) is 5.82 Å². The summed E-state index contributed by atoms with van der Waals surface area (Å²) in [7, 11) is 0. The van der Waals surface area contributed by atoms with E-state index in [2.05, 4.69) is 0 Å². The molecular weight excluding hydrogens is 169 g/mol. The predicted molar refractivity (Wildman–Crippen MR) is 49.9 cm³/mol. The Labute approximate surface area is 77.2 Å². The summed E-state index contributed by atoms with van der Waals surface area (Å²) >= 11 is 0. The third-order valence-electron chi connectivity index (χ3n) is 2.04. The van der Waals surface area contributed by atoms with E-state index in [0.29, 0.717) is 5.56 Å². The molecule has 0 spiro atoms. The molecule has 1 atom stereocenters. The molecule has 1 rings (SSSR count). The van der Waals surface area contributed by atoms with Crippen molar-refractivity contribution < 1.29 is 9.50 Å². The molecule has 0 aliphatic heterocycles. The normalized spacial score (nSPS) is 13.0. The van der Waals surface area contributed by atoms with E-state index < -0.39 is 6.10 Å². The molecular formula is C10H14FNO. The molecule has 72 valence electrons. The molecule has 3 heteroatoms. The van der Waals surface area contributed by atoms with Gasteiger partial charge in [0.15, 0.2) is 0 Å². The minimum absolute atomic E-state index is 0.0425. The molecule has 13 heavy (non-hydrogen) atoms. The Kier molecular flexibility index (Phi) is 3.01. The third kappa shape index (κ3) is 2.05. The highest BCUT2D eigenvalue weighted by Gasteiger charge is 2.14. The second kappa shape index (κ2) is 3.85. The average molecular weight is 183 g/mol. The summed E-state index contributed by atoms with van der Waals surface area (Å²) in [5.41, 5.74) is 7.17. The lowest BCUT2D eigenvalue weighted by Crippen LogP contribution is -2.14. The summed E-state index contributed by atoms with van der Waals surface area (Å²) < 4.78 is 13.3. The summed E-state index contributed by atoms with van der Waals surface area (Å²) in [4.78, 5) is 0. The van der Waals surface area contributed by atoms with Gasteiger partial charge in [-0.05, 0) is 31.0 Å². The zero-order valence-corrected chi connectivity index (χ0v) is 7.84. The summed E-state index contributed by atoms with van der Waals surface area (Å²) in [6.07, 6.45) is -0.902. The minimum Gasteiger partial charge on any atom is -0.387 e. The Morgan fingerprint density at radius 2 is 2.08 bits per heavy atom. The van der Waals surface area contributed by atoms with E-state index >= 15 is 0 Å². The van der Waals surface area contributed by atoms with Gasteiger partial charge in [0, 0.05) is 12.1 Å². The van der Waals surface area contributed by atoms with Crippen LogP contribution in [0.2, 0.25) is 0 Å². The summed E-state index contributed by atoms with van der Waals surface area (Å²) in [5.74, 6) is -0.379. The van der Waals surface area contributed by atoms with Crippen LogP contribution < -0.4 is 5.73 Å². The van der Waals surface area contributed by atoms with Crippen LogP contribution in [0.4, 0.5) is 4.39 Å². The Morgan fingerprint density at radius 3 is 2.54 bits per heavy atom. The van der Waals surface area contributed by atoms with Crippen molar-refractivity contribution in [2.75, 3.05) is 6.54 Å². The fourth-order valence-electron chi connectivity index (χ4n) is 1.47. The van der Waals surface area contributed by atoms with Gasteiger partial charge in [0.2, 0.25) is 0 Å². The van der Waals surface area contributed by atoms with Crippen LogP contribution in [0.1, 0.15) is 22.8 Å². The molecule has 1 unspecified atom stereocenters. The Morgan fingerprint density at radius 1 is 1.46 bits per heavy atom. The van der Waals surface area contributed by atoms with Crippen molar-refractivity contribution in [1.82, 2.24) is 0 Å². The van der Waals surface area contributed by atoms with Gasteiger partial charge < -0.3 is 10.8 Å². The number of benzene rings is 1. The maximum Gasteiger partial charge on any atom is 0.129 e. The summed E-state index contributed by atoms with van der Waals surface area (Å²) in [5, 5.41) is 9.42. The number of aryl methyl sites for hydroxylation is 2. The Balaban J connectivity index is 3.20. The standard InChI is InChI=1S/C10H14FNO/c1-6-3-7(2)10(8(11)4-6)9(13)5-12/h3-4,9,13H,5,12H2,1-2H3. The zero-order chi connectivity index (χ0) is 10.0. The molecule has 3 N–H and O–H groups in total. The van der Waals surface area contributed by atoms with Gasteiger partial charge in [-0.15, -0.1) is 0 Å². The fraction of sp³-hybridized carbons (Fsp3) is 0.400. The molecule has 0 aliphatic rings. The van der Waals surface area contributed by atoms with Crippen molar-refractivity contribution >= 4 is 0 Å². The van der Waals surface area contributed by atoms with Crippen LogP contribution in [0, 0.1) is 19.7 Å². The number of hydrogen-bond donors (Lipinski definition) is 2. The average Bonchev–Trinajstić information content (AvgIpc) is 2.02. The van der Waals surface area contributed by atoms with Gasteiger partial charge in [0.25, 0.3) is 0 Å². The second-order valence-electron chi connectivity index (χ2n) is 3.23. The lowest BCUT2D eigenvalue weighted by atomic mass is 10.0. The first kappa shape index (κ1) is 10.2. The molecule has 1 aromatic carbocycles. The first-order valence-corrected chi connectivity index (χ1v) is 4.21. The molecule has 0 radical (unpaired) electrons. The van der Waals surface area contributed by atoms with Crippen LogP contribution in [0.5, 0.6) is 0 Å². The maximum atomic E-state index is 13.3. The van der Waals surface area contributed by atoms with E-state index in [1.54, 1.807) is 6.92 Å². The van der Waals surface area contributed by atoms with E-state index in [0.717, 1.165) is 11.1 Å². The number of hydrogen-bond acceptors (Lipinski definition) is 2. The number of rotatable bonds is 2. The Bertz CT molecular complexity index is 289. The van der Waals surface area contributed by atoms with E-state index in [-0.39, 0.29) is 12.4 Å². The van der Waals surface area contributed by atoms with E-state index in [4.69, 9.17) is 5.73 Å². The number of aliphatic hydroxyl groups excluding tert-OH is 1. The van der Waals surface area contributed by atoms with Gasteiger partial charge in [-0.1, -0.05) is 6.07 Å². The highest BCUT2D eigenvalue weighted by atomic mass is 19.1. The number of aliphatic hydroxyl groups is 1. The second-order valence-corrected chi connectivity index (χ2v) is 3.23. The van der Waals surface area contributed by atoms with Crippen molar-refractivity contribution in [3.8, 4) is 0 Å². The van der Waals surface area contributed by atoms with E-state index in [9.17, 15) is 9.50 Å². The predicted octanol–water partition coefficient (Wildman–Crippen LogP) is 1.43. The van der Waals surface area contributed by atoms with Crippen LogP contribution in [0.25, 0.3) is 0 Å². The van der Waals surface area contributed by atoms with E-state index in [1.807, 2.05) is 13.0 Å². The van der Waals surface area contributed by atoms with Crippen LogP contribution in [-0.4, -0.2) is 11.7 Å². The summed E-state index contributed by atoms with van der Waals surface area (Å²) in [6, 6.07) is 3.23. The van der Waals surface area contributed by atoms with Crippen molar-refractivity contribution in [3.05, 3.63) is 34.6 Å². The molecule has 0 amide bonds. The van der Waals surface area contributed by atoms with Crippen LogP contribution in [-0.2, 0) is 0 Å². The van der Waals surface area contributed by atoms with Gasteiger partial charge in [-0.3, -0.25) is 0 Å². The third-order valence-corrected chi connectivity index (χ3v) is 2.04. The monoisotopic (exact) mass is 183 g/mol. The maximum absolute atomic E-state index is 13.3. The molecule has 0 fully saturated rings. The number of halogens is 1. The van der Waals surface area contributed by atoms with Gasteiger partial charge in [-0.2, -0.15) is 0 Å². The molecule has 0 aromatic heterocycles. The van der Waals surface area contributed by atoms with Gasteiger partial charge in [-0.25, -0.2) is 4.39 Å². The van der Waals surface area contributed by atoms with Crippen molar-refractivity contribution in [3.63, 3.8) is 0 Å². The van der Waals surface area contributed by atoms with Gasteiger partial charge >= 0.3 is 0 Å². The minimum atomic E-state index is -0.902. The Hall–Kier alpha value is -0.930. The lowest BCUT2D eigenvalue weighted by Gasteiger charge is -2.13. The molecule has 0 bridgehead atoms. The van der Waals surface area contributed by atoms with Gasteiger partial charge in [0.05, 0.1) is 6.10 Å². The summed E-state index contributed by atoms with van der Waals surface area (Å²) in [6.45, 7) is 3.62. The quantitative estimate of drug-likeness (QED) is 0.728.